The molecule has 1 saturated heterocycles. The van der Waals surface area contributed by atoms with E-state index in [4.69, 9.17) is 14.2 Å². The van der Waals surface area contributed by atoms with Crippen LogP contribution in [0.15, 0.2) is 36.4 Å². The normalized spacial score (nSPS) is 18.1. The second-order valence-corrected chi connectivity index (χ2v) is 6.54. The number of piperidine rings is 1. The molecule has 0 saturated carbocycles. The lowest BCUT2D eigenvalue weighted by Gasteiger charge is -2.35. The van der Waals surface area contributed by atoms with Gasteiger partial charge >= 0.3 is 0 Å². The van der Waals surface area contributed by atoms with Crippen molar-refractivity contribution in [1.29, 1.82) is 0 Å². The molecule has 2 aromatic rings. The van der Waals surface area contributed by atoms with Gasteiger partial charge in [0.1, 0.15) is 11.5 Å². The highest BCUT2D eigenvalue weighted by atomic mass is 16.7. The van der Waals surface area contributed by atoms with Gasteiger partial charge in [-0.05, 0) is 49.7 Å². The number of nitrogens with zero attached hydrogens (tertiary/aromatic N) is 1. The average Bonchev–Trinajstić information content (AvgIpc) is 3.11. The molecule has 1 N–H and O–H groups in total. The van der Waals surface area contributed by atoms with Gasteiger partial charge in [0, 0.05) is 11.6 Å². The minimum atomic E-state index is -0.0132. The van der Waals surface area contributed by atoms with Crippen molar-refractivity contribution in [2.24, 2.45) is 0 Å². The molecule has 1 fully saturated rings. The molecule has 0 aromatic heterocycles. The molecule has 25 heavy (non-hydrogen) atoms. The van der Waals surface area contributed by atoms with Gasteiger partial charge in [0.05, 0.1) is 13.2 Å². The highest BCUT2D eigenvalue weighted by Crippen LogP contribution is 2.43. The van der Waals surface area contributed by atoms with E-state index < -0.39 is 0 Å². The lowest BCUT2D eigenvalue weighted by atomic mass is 9.93. The van der Waals surface area contributed by atoms with Crippen LogP contribution in [0.2, 0.25) is 0 Å². The molecule has 0 aliphatic carbocycles. The van der Waals surface area contributed by atoms with Crippen molar-refractivity contribution in [1.82, 2.24) is 4.90 Å². The van der Waals surface area contributed by atoms with E-state index in [-0.39, 0.29) is 18.6 Å². The Bertz CT molecular complexity index is 738. The van der Waals surface area contributed by atoms with Gasteiger partial charge in [-0.25, -0.2) is 0 Å². The molecule has 1 atom stereocenters. The third kappa shape index (κ3) is 3.12. The quantitative estimate of drug-likeness (QED) is 0.919. The molecule has 132 valence electrons. The summed E-state index contributed by atoms with van der Waals surface area (Å²) >= 11 is 0. The standard InChI is InChI=1S/C20H23NO4/c1-23-15-7-5-14(6-8-15)20(21-9-3-2-4-10-21)16-11-18-19(12-17(16)22)25-13-24-18/h5-8,11-12,20,22H,2-4,9-10,13H2,1H3/t20-/m1/s1. The Hall–Kier alpha value is -2.40. The summed E-state index contributed by atoms with van der Waals surface area (Å²) in [5.41, 5.74) is 1.99. The summed E-state index contributed by atoms with van der Waals surface area (Å²) in [6.07, 6.45) is 3.62. The van der Waals surface area contributed by atoms with Crippen LogP contribution in [-0.2, 0) is 0 Å². The Balaban J connectivity index is 1.76. The van der Waals surface area contributed by atoms with Gasteiger partial charge in [-0.3, -0.25) is 4.90 Å². The van der Waals surface area contributed by atoms with Crippen LogP contribution < -0.4 is 14.2 Å². The Morgan fingerprint density at radius 3 is 2.36 bits per heavy atom. The van der Waals surface area contributed by atoms with Gasteiger partial charge in [-0.1, -0.05) is 18.6 Å². The second kappa shape index (κ2) is 6.84. The first kappa shape index (κ1) is 16.1. The van der Waals surface area contributed by atoms with Crippen molar-refractivity contribution in [2.75, 3.05) is 27.0 Å². The number of hydrogen-bond donors (Lipinski definition) is 1. The molecular weight excluding hydrogens is 318 g/mol. The zero-order valence-electron chi connectivity index (χ0n) is 14.4. The highest BCUT2D eigenvalue weighted by molar-refractivity contribution is 5.54. The summed E-state index contributed by atoms with van der Waals surface area (Å²) < 4.78 is 16.2. The van der Waals surface area contributed by atoms with Crippen molar-refractivity contribution >= 4 is 0 Å². The van der Waals surface area contributed by atoms with E-state index in [1.807, 2.05) is 18.2 Å². The topological polar surface area (TPSA) is 51.2 Å². The van der Waals surface area contributed by atoms with E-state index in [0.29, 0.717) is 11.5 Å². The molecule has 2 aromatic carbocycles. The number of rotatable bonds is 4. The third-order valence-corrected chi connectivity index (χ3v) is 5.00. The number of fused-ring (bicyclic) bond motifs is 1. The van der Waals surface area contributed by atoms with Crippen molar-refractivity contribution in [3.8, 4) is 23.0 Å². The Kier molecular flexibility index (Phi) is 4.40. The van der Waals surface area contributed by atoms with Gasteiger partial charge in [0.15, 0.2) is 11.5 Å². The summed E-state index contributed by atoms with van der Waals surface area (Å²) in [4.78, 5) is 2.43. The number of methoxy groups -OCH3 is 1. The monoisotopic (exact) mass is 341 g/mol. The fourth-order valence-electron chi connectivity index (χ4n) is 3.72. The van der Waals surface area contributed by atoms with E-state index in [1.54, 1.807) is 13.2 Å². The third-order valence-electron chi connectivity index (χ3n) is 5.00. The molecule has 4 rings (SSSR count). The van der Waals surface area contributed by atoms with E-state index in [2.05, 4.69) is 17.0 Å². The van der Waals surface area contributed by atoms with Crippen LogP contribution in [0.5, 0.6) is 23.0 Å². The molecule has 0 unspecified atom stereocenters. The number of aromatic hydroxyl groups is 1. The second-order valence-electron chi connectivity index (χ2n) is 6.54. The van der Waals surface area contributed by atoms with E-state index in [9.17, 15) is 5.11 Å². The van der Waals surface area contributed by atoms with Crippen LogP contribution in [-0.4, -0.2) is 37.0 Å². The molecule has 0 spiro atoms. The molecular formula is C20H23NO4. The van der Waals surface area contributed by atoms with Gasteiger partial charge < -0.3 is 19.3 Å². The average molecular weight is 341 g/mol. The summed E-state index contributed by atoms with van der Waals surface area (Å²) in [6.45, 7) is 2.24. The van der Waals surface area contributed by atoms with E-state index >= 15 is 0 Å². The first-order chi connectivity index (χ1) is 12.3. The number of likely N-dealkylation sites (tertiary alicyclic amines) is 1. The van der Waals surface area contributed by atoms with E-state index in [1.165, 1.54) is 19.3 Å². The van der Waals surface area contributed by atoms with E-state index in [0.717, 1.165) is 30.0 Å². The summed E-state index contributed by atoms with van der Waals surface area (Å²) in [5, 5.41) is 10.7. The fraction of sp³-hybridized carbons (Fsp3) is 0.400. The van der Waals surface area contributed by atoms with Crippen LogP contribution in [0.25, 0.3) is 0 Å². The predicted octanol–water partition coefficient (Wildman–Crippen LogP) is 3.70. The lowest BCUT2D eigenvalue weighted by molar-refractivity contribution is 0.173. The summed E-state index contributed by atoms with van der Waals surface area (Å²) in [5.74, 6) is 2.38. The SMILES string of the molecule is COc1ccc([C@H](c2cc3c(cc2O)OCO3)N2CCCCC2)cc1. The van der Waals surface area contributed by atoms with Crippen LogP contribution in [0.1, 0.15) is 36.4 Å². The molecule has 0 amide bonds. The molecule has 2 aliphatic rings. The molecule has 2 heterocycles. The zero-order valence-corrected chi connectivity index (χ0v) is 14.4. The molecule has 5 heteroatoms. The molecule has 5 nitrogen and oxygen atoms in total. The predicted molar refractivity (Wildman–Crippen MR) is 94.5 cm³/mol. The van der Waals surface area contributed by atoms with Crippen molar-refractivity contribution in [3.05, 3.63) is 47.5 Å². The Morgan fingerprint density at radius 2 is 1.68 bits per heavy atom. The van der Waals surface area contributed by atoms with Gasteiger partial charge in [-0.15, -0.1) is 0 Å². The van der Waals surface area contributed by atoms with Crippen molar-refractivity contribution < 1.29 is 19.3 Å². The Morgan fingerprint density at radius 1 is 1.00 bits per heavy atom. The van der Waals surface area contributed by atoms with Crippen LogP contribution in [0, 0.1) is 0 Å². The largest absolute Gasteiger partial charge is 0.507 e. The van der Waals surface area contributed by atoms with Gasteiger partial charge in [-0.2, -0.15) is 0 Å². The molecule has 2 aliphatic heterocycles. The summed E-state index contributed by atoms with van der Waals surface area (Å²) in [7, 11) is 1.67. The van der Waals surface area contributed by atoms with Crippen molar-refractivity contribution in [2.45, 2.75) is 25.3 Å². The van der Waals surface area contributed by atoms with Crippen LogP contribution in [0.4, 0.5) is 0 Å². The Labute approximate surface area is 147 Å². The number of benzene rings is 2. The van der Waals surface area contributed by atoms with Gasteiger partial charge in [0.25, 0.3) is 0 Å². The summed E-state index contributed by atoms with van der Waals surface area (Å²) in [6, 6.07) is 11.6. The van der Waals surface area contributed by atoms with Crippen LogP contribution in [0.3, 0.4) is 0 Å². The first-order valence-corrected chi connectivity index (χ1v) is 8.77. The maximum Gasteiger partial charge on any atom is 0.231 e. The smallest absolute Gasteiger partial charge is 0.231 e. The number of phenols is 1. The fourth-order valence-corrected chi connectivity index (χ4v) is 3.72. The number of ether oxygens (including phenoxy) is 3. The minimum absolute atomic E-state index is 0.0132. The minimum Gasteiger partial charge on any atom is -0.507 e. The maximum atomic E-state index is 10.7. The molecule has 0 radical (unpaired) electrons. The first-order valence-electron chi connectivity index (χ1n) is 8.77. The van der Waals surface area contributed by atoms with Gasteiger partial charge in [0.2, 0.25) is 6.79 Å². The van der Waals surface area contributed by atoms with Crippen molar-refractivity contribution in [3.63, 3.8) is 0 Å². The number of hydrogen-bond acceptors (Lipinski definition) is 5. The van der Waals surface area contributed by atoms with Crippen LogP contribution >= 0.6 is 0 Å². The number of phenolic OH excluding ortho intramolecular Hbond substituents is 1. The lowest BCUT2D eigenvalue weighted by Crippen LogP contribution is -2.34. The molecule has 0 bridgehead atoms. The zero-order chi connectivity index (χ0) is 17.2. The maximum absolute atomic E-state index is 10.7. The highest BCUT2D eigenvalue weighted by Gasteiger charge is 2.29.